The number of carbonyl (C=O) groups is 1. The summed E-state index contributed by atoms with van der Waals surface area (Å²) in [5.41, 5.74) is 0. The van der Waals surface area contributed by atoms with E-state index in [9.17, 15) is 18.7 Å². The number of ether oxygens (including phenoxy) is 1. The zero-order chi connectivity index (χ0) is 7.98. The van der Waals surface area contributed by atoms with E-state index < -0.39 is 12.6 Å². The molecule has 3 nitrogen and oxygen atoms in total. The maximum atomic E-state index is 11.3. The van der Waals surface area contributed by atoms with Gasteiger partial charge in [0.25, 0.3) is 6.16 Å². The van der Waals surface area contributed by atoms with Crippen molar-refractivity contribution in [3.63, 3.8) is 0 Å². The molecule has 0 saturated heterocycles. The molecule has 10 heavy (non-hydrogen) atoms. The number of carbonyl (C=O) groups excluding carboxylic acids is 1. The minimum absolute atomic E-state index is 0.0334. The van der Waals surface area contributed by atoms with Crippen LogP contribution in [0.2, 0.25) is 0 Å². The predicted octanol–water partition coefficient (Wildman–Crippen LogP) is 0.392. The van der Waals surface area contributed by atoms with Crippen LogP contribution in [0.3, 0.4) is 0 Å². The molecule has 0 atom stereocenters. The number of carboxylic acid groups (broad SMARTS) is 1. The van der Waals surface area contributed by atoms with Crippen molar-refractivity contribution in [3.8, 4) is 0 Å². The average Bonchev–Trinajstić information content (AvgIpc) is 1.79. The van der Waals surface area contributed by atoms with Gasteiger partial charge in [0.15, 0.2) is 0 Å². The maximum Gasteiger partial charge on any atom is 0.251 e. The zero-order valence-corrected chi connectivity index (χ0v) is 5.18. The third-order valence-electron chi connectivity index (χ3n) is 0.787. The number of halogens is 2. The van der Waals surface area contributed by atoms with Crippen molar-refractivity contribution < 1.29 is 23.4 Å². The first-order valence-corrected chi connectivity index (χ1v) is 2.75. The van der Waals surface area contributed by atoms with E-state index in [4.69, 9.17) is 0 Å². The van der Waals surface area contributed by atoms with Crippen LogP contribution in [-0.2, 0) is 4.74 Å². The smallest absolute Gasteiger partial charge is 0.251 e. The minimum atomic E-state index is -2.40. The summed E-state index contributed by atoms with van der Waals surface area (Å²) in [4.78, 5) is 9.52. The molecule has 0 aromatic carbocycles. The predicted molar refractivity (Wildman–Crippen MR) is 26.6 cm³/mol. The molecule has 0 aliphatic carbocycles. The molecule has 0 saturated carbocycles. The quantitative estimate of drug-likeness (QED) is 0.433. The van der Waals surface area contributed by atoms with Gasteiger partial charge < -0.3 is 14.6 Å². The molecule has 0 aromatic rings. The van der Waals surface area contributed by atoms with Crippen LogP contribution >= 0.6 is 0 Å². The van der Waals surface area contributed by atoms with E-state index in [2.05, 4.69) is 4.74 Å². The van der Waals surface area contributed by atoms with Gasteiger partial charge in [0.1, 0.15) is 0 Å². The second kappa shape index (κ2) is 4.96. The minimum Gasteiger partial charge on any atom is -0.550 e. The SMILES string of the molecule is O=C([O-])OCCCC(F)F. The number of alkyl halides is 2. The van der Waals surface area contributed by atoms with Crippen molar-refractivity contribution >= 4 is 6.16 Å². The molecule has 0 unspecified atom stereocenters. The largest absolute Gasteiger partial charge is 0.550 e. The summed E-state index contributed by atoms with van der Waals surface area (Å²) >= 11 is 0. The van der Waals surface area contributed by atoms with Crippen molar-refractivity contribution in [2.45, 2.75) is 19.3 Å². The van der Waals surface area contributed by atoms with Crippen molar-refractivity contribution in [2.24, 2.45) is 0 Å². The Kier molecular flexibility index (Phi) is 4.53. The highest BCUT2D eigenvalue weighted by Gasteiger charge is 1.99. The van der Waals surface area contributed by atoms with Gasteiger partial charge in [-0.15, -0.1) is 0 Å². The van der Waals surface area contributed by atoms with Gasteiger partial charge in [0.2, 0.25) is 6.43 Å². The summed E-state index contributed by atoms with van der Waals surface area (Å²) in [6, 6.07) is 0. The van der Waals surface area contributed by atoms with Gasteiger partial charge in [-0.05, 0) is 6.42 Å². The second-order valence-electron chi connectivity index (χ2n) is 1.63. The Morgan fingerprint density at radius 2 is 2.20 bits per heavy atom. The molecule has 60 valence electrons. The highest BCUT2D eigenvalue weighted by Crippen LogP contribution is 2.01. The molecule has 0 aliphatic rings. The highest BCUT2D eigenvalue weighted by atomic mass is 19.3. The standard InChI is InChI=1S/C5H8F2O3/c6-4(7)2-1-3-10-5(8)9/h4H,1-3H2,(H,8,9)/p-1. The Bertz CT molecular complexity index is 105. The fourth-order valence-electron chi connectivity index (χ4n) is 0.393. The lowest BCUT2D eigenvalue weighted by atomic mass is 10.3. The molecule has 0 rings (SSSR count). The summed E-state index contributed by atoms with van der Waals surface area (Å²) in [6.45, 7) is -0.216. The fraction of sp³-hybridized carbons (Fsp3) is 0.800. The molecule has 0 spiro atoms. The van der Waals surface area contributed by atoms with E-state index >= 15 is 0 Å². The number of rotatable bonds is 4. The van der Waals surface area contributed by atoms with Gasteiger partial charge in [0, 0.05) is 13.0 Å². The summed E-state index contributed by atoms with van der Waals surface area (Å²) < 4.78 is 26.5. The van der Waals surface area contributed by atoms with Gasteiger partial charge >= 0.3 is 0 Å². The van der Waals surface area contributed by atoms with Gasteiger partial charge in [0.05, 0.1) is 0 Å². The lowest BCUT2D eigenvalue weighted by molar-refractivity contribution is -0.282. The molecule has 0 aromatic heterocycles. The zero-order valence-electron chi connectivity index (χ0n) is 5.18. The molecular weight excluding hydrogens is 146 g/mol. The van der Waals surface area contributed by atoms with Crippen molar-refractivity contribution in [2.75, 3.05) is 6.61 Å². The van der Waals surface area contributed by atoms with Crippen LogP contribution in [0, 0.1) is 0 Å². The van der Waals surface area contributed by atoms with Gasteiger partial charge in [-0.25, -0.2) is 8.78 Å². The average molecular weight is 153 g/mol. The molecule has 0 radical (unpaired) electrons. The van der Waals surface area contributed by atoms with E-state index in [1.807, 2.05) is 0 Å². The summed E-state index contributed by atoms with van der Waals surface area (Å²) in [6.07, 6.45) is -4.38. The van der Waals surface area contributed by atoms with Gasteiger partial charge in [-0.2, -0.15) is 0 Å². The summed E-state index contributed by atoms with van der Waals surface area (Å²) in [5, 5.41) is 9.52. The van der Waals surface area contributed by atoms with Crippen LogP contribution in [0.4, 0.5) is 13.6 Å². The monoisotopic (exact) mass is 153 g/mol. The topological polar surface area (TPSA) is 49.4 Å². The van der Waals surface area contributed by atoms with E-state index in [1.165, 1.54) is 0 Å². The molecule has 0 fully saturated rings. The van der Waals surface area contributed by atoms with Crippen LogP contribution in [0.25, 0.3) is 0 Å². The van der Waals surface area contributed by atoms with E-state index in [0.717, 1.165) is 0 Å². The lowest BCUT2D eigenvalue weighted by Gasteiger charge is -2.06. The summed E-state index contributed by atoms with van der Waals surface area (Å²) in [7, 11) is 0. The third kappa shape index (κ3) is 7.13. The normalized spacial score (nSPS) is 9.90. The molecule has 5 heteroatoms. The third-order valence-corrected chi connectivity index (χ3v) is 0.787. The first-order valence-electron chi connectivity index (χ1n) is 2.75. The Balaban J connectivity index is 2.98. The molecule has 0 heterocycles. The second-order valence-corrected chi connectivity index (χ2v) is 1.63. The van der Waals surface area contributed by atoms with E-state index in [-0.39, 0.29) is 19.4 Å². The first kappa shape index (κ1) is 9.13. The summed E-state index contributed by atoms with van der Waals surface area (Å²) in [5.74, 6) is 0. The highest BCUT2D eigenvalue weighted by molar-refractivity contribution is 5.53. The number of hydrogen-bond acceptors (Lipinski definition) is 3. The van der Waals surface area contributed by atoms with Crippen LogP contribution in [0.5, 0.6) is 0 Å². The van der Waals surface area contributed by atoms with Crippen molar-refractivity contribution in [1.82, 2.24) is 0 Å². The van der Waals surface area contributed by atoms with Crippen LogP contribution in [0.1, 0.15) is 12.8 Å². The lowest BCUT2D eigenvalue weighted by Crippen LogP contribution is -2.23. The van der Waals surface area contributed by atoms with Crippen LogP contribution in [0.15, 0.2) is 0 Å². The fourth-order valence-corrected chi connectivity index (χ4v) is 0.393. The van der Waals surface area contributed by atoms with E-state index in [0.29, 0.717) is 0 Å². The van der Waals surface area contributed by atoms with Crippen LogP contribution < -0.4 is 5.11 Å². The first-order chi connectivity index (χ1) is 4.63. The Labute approximate surface area is 56.6 Å². The molecule has 0 N–H and O–H groups in total. The Morgan fingerprint density at radius 3 is 2.60 bits per heavy atom. The maximum absolute atomic E-state index is 11.3. The van der Waals surface area contributed by atoms with Crippen molar-refractivity contribution in [1.29, 1.82) is 0 Å². The van der Waals surface area contributed by atoms with Gasteiger partial charge in [-0.3, -0.25) is 0 Å². The van der Waals surface area contributed by atoms with Crippen LogP contribution in [-0.4, -0.2) is 19.2 Å². The molecule has 0 aliphatic heterocycles. The molecule has 0 amide bonds. The Morgan fingerprint density at radius 1 is 1.60 bits per heavy atom. The van der Waals surface area contributed by atoms with Gasteiger partial charge in [-0.1, -0.05) is 0 Å². The molecule has 0 bridgehead atoms. The Hall–Kier alpha value is -0.870. The van der Waals surface area contributed by atoms with Crippen molar-refractivity contribution in [3.05, 3.63) is 0 Å². The molecular formula is C5H7F2O3-. The van der Waals surface area contributed by atoms with E-state index in [1.54, 1.807) is 0 Å². The number of hydrogen-bond donors (Lipinski definition) is 0.